The van der Waals surface area contributed by atoms with Crippen molar-refractivity contribution in [2.75, 3.05) is 18.1 Å². The molecule has 2 aliphatic heterocycles. The second-order valence-electron chi connectivity index (χ2n) is 6.18. The van der Waals surface area contributed by atoms with Gasteiger partial charge in [0.25, 0.3) is 5.91 Å². The number of amides is 1. The van der Waals surface area contributed by atoms with E-state index in [2.05, 4.69) is 10.1 Å². The Morgan fingerprint density at radius 2 is 1.88 bits per heavy atom. The van der Waals surface area contributed by atoms with Crippen LogP contribution in [0.1, 0.15) is 19.8 Å². The van der Waals surface area contributed by atoms with Gasteiger partial charge >= 0.3 is 6.18 Å². The predicted octanol–water partition coefficient (Wildman–Crippen LogP) is 3.93. The number of benzene rings is 1. The van der Waals surface area contributed by atoms with Gasteiger partial charge in [-0.15, -0.1) is 0 Å². The molecule has 2 aromatic rings. The van der Waals surface area contributed by atoms with E-state index in [-0.39, 0.29) is 10.7 Å². The third kappa shape index (κ3) is 2.76. The molecule has 0 unspecified atom stereocenters. The molecule has 0 radical (unpaired) electrons. The Labute approximate surface area is 151 Å². The highest BCUT2D eigenvalue weighted by molar-refractivity contribution is 7.22. The second-order valence-corrected chi connectivity index (χ2v) is 7.19. The maximum Gasteiger partial charge on any atom is 0.436 e. The van der Waals surface area contributed by atoms with E-state index in [1.165, 1.54) is 0 Å². The third-order valence-corrected chi connectivity index (χ3v) is 5.53. The Kier molecular flexibility index (Phi) is 3.98. The Morgan fingerprint density at radius 3 is 2.54 bits per heavy atom. The molecule has 3 heterocycles. The summed E-state index contributed by atoms with van der Waals surface area (Å²) in [5.41, 5.74) is -0.574. The monoisotopic (exact) mass is 380 g/mol. The molecule has 0 bridgehead atoms. The maximum absolute atomic E-state index is 13.5. The molecule has 0 N–H and O–H groups in total. The molecule has 1 aromatic heterocycles. The van der Waals surface area contributed by atoms with Gasteiger partial charge in [0.05, 0.1) is 15.8 Å². The minimum Gasteiger partial charge on any atom is -0.374 e. The van der Waals surface area contributed by atoms with Crippen molar-refractivity contribution >= 4 is 38.3 Å². The highest BCUT2D eigenvalue weighted by atomic mass is 32.1. The normalized spacial score (nSPS) is 20.3. The zero-order chi connectivity index (χ0) is 18.5. The number of rotatable bonds is 2. The molecule has 1 aromatic carbocycles. The van der Waals surface area contributed by atoms with Gasteiger partial charge in [0.1, 0.15) is 0 Å². The first-order valence-corrected chi connectivity index (χ1v) is 9.00. The van der Waals surface area contributed by atoms with Gasteiger partial charge in [-0.25, -0.2) is 4.98 Å². The smallest absolute Gasteiger partial charge is 0.374 e. The lowest BCUT2D eigenvalue weighted by molar-refractivity contribution is -0.114. The van der Waals surface area contributed by atoms with E-state index >= 15 is 0 Å². The number of hydrogen-bond donors (Lipinski definition) is 0. The second kappa shape index (κ2) is 6.08. The summed E-state index contributed by atoms with van der Waals surface area (Å²) < 4.78 is 41.4. The fourth-order valence-corrected chi connectivity index (χ4v) is 4.13. The van der Waals surface area contributed by atoms with E-state index in [9.17, 15) is 18.0 Å². The molecule has 26 heavy (non-hydrogen) atoms. The molecule has 4 rings (SSSR count). The first-order chi connectivity index (χ1) is 12.4. The van der Waals surface area contributed by atoms with Gasteiger partial charge in [-0.2, -0.15) is 23.3 Å². The summed E-state index contributed by atoms with van der Waals surface area (Å²) in [7, 11) is 0. The molecule has 0 saturated carbocycles. The number of carbonyl (C=O) groups is 1. The lowest BCUT2D eigenvalue weighted by Crippen LogP contribution is -2.30. The molecule has 5 nitrogen and oxygen atoms in total. The molecule has 1 saturated heterocycles. The number of para-hydroxylation sites is 1. The van der Waals surface area contributed by atoms with E-state index < -0.39 is 17.8 Å². The molecular formula is C17H15F3N4OS. The van der Waals surface area contributed by atoms with Crippen molar-refractivity contribution in [1.29, 1.82) is 0 Å². The molecule has 0 spiro atoms. The van der Waals surface area contributed by atoms with Crippen LogP contribution in [0.15, 0.2) is 40.6 Å². The summed E-state index contributed by atoms with van der Waals surface area (Å²) in [4.78, 5) is 18.9. The number of hydrogen-bond acceptors (Lipinski definition) is 5. The van der Waals surface area contributed by atoms with E-state index in [0.29, 0.717) is 24.3 Å². The van der Waals surface area contributed by atoms with Crippen molar-refractivity contribution < 1.29 is 18.0 Å². The quantitative estimate of drug-likeness (QED) is 0.742. The first-order valence-electron chi connectivity index (χ1n) is 8.18. The van der Waals surface area contributed by atoms with Crippen molar-refractivity contribution in [3.8, 4) is 0 Å². The molecule has 0 atom stereocenters. The van der Waals surface area contributed by atoms with Crippen LogP contribution in [0.5, 0.6) is 0 Å². The number of aromatic nitrogens is 1. The number of alkyl halides is 3. The minimum atomic E-state index is -4.71. The largest absolute Gasteiger partial charge is 0.436 e. The molecule has 2 aliphatic rings. The highest BCUT2D eigenvalue weighted by Gasteiger charge is 2.49. The van der Waals surface area contributed by atoms with Crippen LogP contribution in [0.4, 0.5) is 18.3 Å². The summed E-state index contributed by atoms with van der Waals surface area (Å²) in [5.74, 6) is -0.777. The predicted molar refractivity (Wildman–Crippen MR) is 94.1 cm³/mol. The average molecular weight is 380 g/mol. The Hall–Kier alpha value is -2.42. The van der Waals surface area contributed by atoms with Crippen LogP contribution in [-0.4, -0.2) is 40.8 Å². The summed E-state index contributed by atoms with van der Waals surface area (Å²) >= 11 is 1.14. The van der Waals surface area contributed by atoms with Gasteiger partial charge in [-0.1, -0.05) is 23.5 Å². The average Bonchev–Trinajstić information content (AvgIpc) is 3.31. The number of thiazole rings is 1. The Balaban J connectivity index is 1.81. The van der Waals surface area contributed by atoms with Crippen LogP contribution in [0.3, 0.4) is 0 Å². The van der Waals surface area contributed by atoms with Crippen LogP contribution in [0, 0.1) is 0 Å². The number of carbonyl (C=O) groups excluding carboxylic acids is 1. The zero-order valence-corrected chi connectivity index (χ0v) is 14.7. The summed E-state index contributed by atoms with van der Waals surface area (Å²) in [6.45, 7) is 2.85. The number of nitrogens with zero attached hydrogens (tertiary/aromatic N) is 4. The highest BCUT2D eigenvalue weighted by Crippen LogP contribution is 2.37. The molecule has 1 amide bonds. The molecule has 136 valence electrons. The number of hydrazone groups is 1. The van der Waals surface area contributed by atoms with Crippen LogP contribution in [-0.2, 0) is 4.79 Å². The van der Waals surface area contributed by atoms with Crippen molar-refractivity contribution in [2.45, 2.75) is 25.9 Å². The number of anilines is 1. The van der Waals surface area contributed by atoms with Crippen LogP contribution in [0.2, 0.25) is 0 Å². The number of fused-ring (bicyclic) bond motifs is 1. The standard InChI is InChI=1S/C17H15F3N4OS/c1-10(23-8-4-5-9-23)13-14(17(18,19)20)22-24(15(13)25)16-21-11-6-2-3-7-12(11)26-16/h2-3,6-7H,4-5,8-9H2,1H3/b13-10-. The first kappa shape index (κ1) is 17.0. The number of halogens is 3. The van der Waals surface area contributed by atoms with Crippen molar-refractivity contribution in [3.63, 3.8) is 0 Å². The Bertz CT molecular complexity index is 908. The van der Waals surface area contributed by atoms with Crippen molar-refractivity contribution in [3.05, 3.63) is 35.5 Å². The van der Waals surface area contributed by atoms with Crippen molar-refractivity contribution in [1.82, 2.24) is 9.88 Å². The topological polar surface area (TPSA) is 48.8 Å². The van der Waals surface area contributed by atoms with E-state index in [0.717, 1.165) is 33.9 Å². The van der Waals surface area contributed by atoms with Crippen LogP contribution in [0.25, 0.3) is 10.2 Å². The van der Waals surface area contributed by atoms with Crippen molar-refractivity contribution in [2.24, 2.45) is 5.10 Å². The van der Waals surface area contributed by atoms with Gasteiger partial charge in [-0.05, 0) is 31.9 Å². The van der Waals surface area contributed by atoms with E-state index in [1.54, 1.807) is 25.1 Å². The number of likely N-dealkylation sites (tertiary alicyclic amines) is 1. The van der Waals surface area contributed by atoms with Gasteiger partial charge < -0.3 is 4.90 Å². The van der Waals surface area contributed by atoms with Crippen LogP contribution >= 0.6 is 11.3 Å². The van der Waals surface area contributed by atoms with Crippen LogP contribution < -0.4 is 5.01 Å². The Morgan fingerprint density at radius 1 is 1.19 bits per heavy atom. The SMILES string of the molecule is C/C(=C1/C(=O)N(c2nc3ccccc3s2)N=C1C(F)(F)F)N1CCCC1. The maximum atomic E-state index is 13.5. The molecular weight excluding hydrogens is 365 g/mol. The molecule has 9 heteroatoms. The van der Waals surface area contributed by atoms with Gasteiger partial charge in [0.2, 0.25) is 5.13 Å². The van der Waals surface area contributed by atoms with Gasteiger partial charge in [0, 0.05) is 18.8 Å². The lowest BCUT2D eigenvalue weighted by Gasteiger charge is -2.21. The fraction of sp³-hybridized carbons (Fsp3) is 0.353. The zero-order valence-electron chi connectivity index (χ0n) is 13.9. The molecule has 1 fully saturated rings. The summed E-state index contributed by atoms with van der Waals surface area (Å²) in [5, 5.41) is 4.54. The summed E-state index contributed by atoms with van der Waals surface area (Å²) in [6.07, 6.45) is -2.91. The minimum absolute atomic E-state index is 0.141. The third-order valence-electron chi connectivity index (χ3n) is 4.52. The van der Waals surface area contributed by atoms with E-state index in [4.69, 9.17) is 0 Å². The van der Waals surface area contributed by atoms with Gasteiger partial charge in [-0.3, -0.25) is 4.79 Å². The number of allylic oxidation sites excluding steroid dienone is 1. The molecule has 0 aliphatic carbocycles. The lowest BCUT2D eigenvalue weighted by atomic mass is 10.1. The van der Waals surface area contributed by atoms with E-state index in [1.807, 2.05) is 11.0 Å². The summed E-state index contributed by atoms with van der Waals surface area (Å²) in [6, 6.07) is 7.14. The van der Waals surface area contributed by atoms with Gasteiger partial charge in [0.15, 0.2) is 5.71 Å². The fourth-order valence-electron chi connectivity index (χ4n) is 3.22.